The average Bonchev–Trinajstić information content (AvgIpc) is 2.73. The van der Waals surface area contributed by atoms with E-state index >= 15 is 0 Å². The highest BCUT2D eigenvalue weighted by Gasteiger charge is 1.98. The molecule has 0 nitrogen and oxygen atoms in total. The molecular weight excluding hydrogens is 367 g/mol. The summed E-state index contributed by atoms with van der Waals surface area (Å²) < 4.78 is 13.0. The lowest BCUT2D eigenvalue weighted by atomic mass is 10.0. The van der Waals surface area contributed by atoms with Crippen molar-refractivity contribution in [2.45, 2.75) is 20.8 Å². The van der Waals surface area contributed by atoms with Gasteiger partial charge in [0.05, 0.1) is 5.83 Å². The summed E-state index contributed by atoms with van der Waals surface area (Å²) in [5, 5.41) is 0. The van der Waals surface area contributed by atoms with Crippen LogP contribution in [0.25, 0.3) is 0 Å². The Kier molecular flexibility index (Phi) is 13.7. The number of allylic oxidation sites excluding steroid dienone is 21. The molecule has 0 radical (unpaired) electrons. The third-order valence-corrected chi connectivity index (χ3v) is 4.16. The van der Waals surface area contributed by atoms with E-state index in [1.54, 1.807) is 36.5 Å². The zero-order valence-electron chi connectivity index (χ0n) is 18.5. The second kappa shape index (κ2) is 15.5. The average molecular weight is 401 g/mol. The zero-order chi connectivity index (χ0) is 22.9. The van der Waals surface area contributed by atoms with Crippen LogP contribution in [0.2, 0.25) is 0 Å². The van der Waals surface area contributed by atoms with Gasteiger partial charge in [0.25, 0.3) is 0 Å². The molecule has 30 heavy (non-hydrogen) atoms. The molecule has 0 aromatic carbocycles. The predicted molar refractivity (Wildman–Crippen MR) is 135 cm³/mol. The van der Waals surface area contributed by atoms with Crippen molar-refractivity contribution in [3.05, 3.63) is 157 Å². The third kappa shape index (κ3) is 10.2. The van der Waals surface area contributed by atoms with Gasteiger partial charge in [-0.1, -0.05) is 112 Å². The summed E-state index contributed by atoms with van der Waals surface area (Å²) >= 11 is 0. The molecule has 0 saturated carbocycles. The van der Waals surface area contributed by atoms with Crippen LogP contribution in [-0.4, -0.2) is 0 Å². The lowest BCUT2D eigenvalue weighted by Gasteiger charge is -2.04. The molecule has 0 fully saturated rings. The van der Waals surface area contributed by atoms with Crippen LogP contribution in [0.15, 0.2) is 157 Å². The van der Waals surface area contributed by atoms with Crippen LogP contribution in [0.1, 0.15) is 20.8 Å². The molecule has 0 amide bonds. The van der Waals surface area contributed by atoms with Gasteiger partial charge in [-0.05, 0) is 60.3 Å². The van der Waals surface area contributed by atoms with Gasteiger partial charge in [-0.3, -0.25) is 0 Å². The first kappa shape index (κ1) is 26.6. The van der Waals surface area contributed by atoms with E-state index in [0.29, 0.717) is 0 Å². The van der Waals surface area contributed by atoms with Crippen molar-refractivity contribution in [3.63, 3.8) is 0 Å². The van der Waals surface area contributed by atoms with Crippen LogP contribution in [0.3, 0.4) is 0 Å². The number of hydrogen-bond acceptors (Lipinski definition) is 0. The van der Waals surface area contributed by atoms with E-state index in [9.17, 15) is 4.39 Å². The Bertz CT molecular complexity index is 896. The summed E-state index contributed by atoms with van der Waals surface area (Å²) in [6.45, 7) is 24.5. The normalized spacial score (nSPS) is 15.3. The minimum atomic E-state index is -0.249. The van der Waals surface area contributed by atoms with Crippen LogP contribution in [0.5, 0.6) is 0 Å². The maximum Gasteiger partial charge on any atom is 0.0968 e. The van der Waals surface area contributed by atoms with Crippen LogP contribution in [-0.2, 0) is 0 Å². The van der Waals surface area contributed by atoms with E-state index in [1.165, 1.54) is 13.0 Å². The Morgan fingerprint density at radius 3 is 1.30 bits per heavy atom. The highest BCUT2D eigenvalue weighted by molar-refractivity contribution is 5.51. The fraction of sp³-hybridized carbons (Fsp3) is 0.103. The van der Waals surface area contributed by atoms with E-state index in [2.05, 4.69) is 32.9 Å². The molecule has 0 atom stereocenters. The zero-order valence-corrected chi connectivity index (χ0v) is 18.5. The van der Waals surface area contributed by atoms with Crippen LogP contribution >= 0.6 is 0 Å². The topological polar surface area (TPSA) is 0 Å². The van der Waals surface area contributed by atoms with Gasteiger partial charge in [-0.2, -0.15) is 0 Å². The molecule has 0 rings (SSSR count). The van der Waals surface area contributed by atoms with Gasteiger partial charge >= 0.3 is 0 Å². The monoisotopic (exact) mass is 400 g/mol. The lowest BCUT2D eigenvalue weighted by Crippen LogP contribution is -1.85. The van der Waals surface area contributed by atoms with Crippen molar-refractivity contribution >= 4 is 0 Å². The van der Waals surface area contributed by atoms with Gasteiger partial charge in [0, 0.05) is 0 Å². The SMILES string of the molecule is C=C\C=C/C=C(C=C)/C(C=C)=C/C=C(C)/C(C=C)=C/C=C(C)/C(C=C)=C/C=C(\C)F. The second-order valence-electron chi connectivity index (χ2n) is 6.38. The van der Waals surface area contributed by atoms with Gasteiger partial charge in [0.15, 0.2) is 0 Å². The standard InChI is InChI=1S/C29H33F/c1-9-14-15-16-28(12-4)29(13-5)21-18-24(7)26(10-2)20-17-23(6)27(11-3)22-19-25(8)30/h9-22H,1-5H2,6-8H3/b15-14-,23-17+,24-18+,25-19+,26-20+,27-22+,28-16+,29-21+. The molecule has 0 spiro atoms. The Hall–Kier alpha value is -3.45. The Balaban J connectivity index is 5.92. The summed E-state index contributed by atoms with van der Waals surface area (Å²) in [6, 6.07) is 0. The number of rotatable bonds is 12. The summed E-state index contributed by atoms with van der Waals surface area (Å²) in [5.74, 6) is -0.249. The second-order valence-corrected chi connectivity index (χ2v) is 6.38. The van der Waals surface area contributed by atoms with Crippen molar-refractivity contribution in [1.82, 2.24) is 0 Å². The summed E-state index contributed by atoms with van der Waals surface area (Å²) in [6.07, 6.45) is 25.6. The minimum Gasteiger partial charge on any atom is -0.212 e. The first-order chi connectivity index (χ1) is 14.3. The van der Waals surface area contributed by atoms with Gasteiger partial charge in [0.2, 0.25) is 0 Å². The molecule has 0 bridgehead atoms. The fourth-order valence-electron chi connectivity index (χ4n) is 2.35. The van der Waals surface area contributed by atoms with Crippen molar-refractivity contribution in [2.75, 3.05) is 0 Å². The molecule has 0 heterocycles. The maximum atomic E-state index is 13.0. The first-order valence-corrected chi connectivity index (χ1v) is 9.66. The quantitative estimate of drug-likeness (QED) is 0.287. The van der Waals surface area contributed by atoms with E-state index in [1.807, 2.05) is 56.4 Å². The first-order valence-electron chi connectivity index (χ1n) is 9.66. The largest absolute Gasteiger partial charge is 0.212 e. The van der Waals surface area contributed by atoms with E-state index in [-0.39, 0.29) is 5.83 Å². The molecule has 1 heteroatoms. The lowest BCUT2D eigenvalue weighted by molar-refractivity contribution is 0.640. The summed E-state index contributed by atoms with van der Waals surface area (Å²) in [4.78, 5) is 0. The van der Waals surface area contributed by atoms with Crippen LogP contribution in [0.4, 0.5) is 4.39 Å². The van der Waals surface area contributed by atoms with Gasteiger partial charge in [0.1, 0.15) is 0 Å². The smallest absolute Gasteiger partial charge is 0.0968 e. The Labute approximate surface area is 182 Å². The molecule has 0 N–H and O–H groups in total. The molecular formula is C29H33F. The van der Waals surface area contributed by atoms with Crippen LogP contribution < -0.4 is 0 Å². The molecule has 0 saturated heterocycles. The van der Waals surface area contributed by atoms with Gasteiger partial charge in [-0.25, -0.2) is 4.39 Å². The Morgan fingerprint density at radius 1 is 0.500 bits per heavy atom. The Morgan fingerprint density at radius 2 is 0.900 bits per heavy atom. The summed E-state index contributed by atoms with van der Waals surface area (Å²) in [7, 11) is 0. The van der Waals surface area contributed by atoms with Gasteiger partial charge in [-0.15, -0.1) is 0 Å². The van der Waals surface area contributed by atoms with E-state index in [4.69, 9.17) is 0 Å². The molecule has 0 aliphatic heterocycles. The van der Waals surface area contributed by atoms with Crippen molar-refractivity contribution in [3.8, 4) is 0 Å². The van der Waals surface area contributed by atoms with Gasteiger partial charge < -0.3 is 0 Å². The van der Waals surface area contributed by atoms with Crippen molar-refractivity contribution < 1.29 is 4.39 Å². The molecule has 156 valence electrons. The maximum absolute atomic E-state index is 13.0. The van der Waals surface area contributed by atoms with Crippen molar-refractivity contribution in [1.29, 1.82) is 0 Å². The molecule has 0 aliphatic carbocycles. The number of hydrogen-bond donors (Lipinski definition) is 0. The predicted octanol–water partition coefficient (Wildman–Crippen LogP) is 8.94. The van der Waals surface area contributed by atoms with Crippen LogP contribution in [0, 0.1) is 0 Å². The highest BCUT2D eigenvalue weighted by Crippen LogP contribution is 2.18. The van der Waals surface area contributed by atoms with E-state index < -0.39 is 0 Å². The third-order valence-electron chi connectivity index (χ3n) is 4.16. The minimum absolute atomic E-state index is 0.249. The molecule has 0 aromatic rings. The molecule has 0 unspecified atom stereocenters. The fourth-order valence-corrected chi connectivity index (χ4v) is 2.35. The highest BCUT2D eigenvalue weighted by atomic mass is 19.1. The molecule has 0 aromatic heterocycles. The summed E-state index contributed by atoms with van der Waals surface area (Å²) in [5.41, 5.74) is 5.77. The van der Waals surface area contributed by atoms with Crippen molar-refractivity contribution in [2.24, 2.45) is 0 Å². The number of halogens is 1. The van der Waals surface area contributed by atoms with E-state index in [0.717, 1.165) is 33.4 Å². The molecule has 0 aliphatic rings.